The van der Waals surface area contributed by atoms with Gasteiger partial charge in [0.15, 0.2) is 0 Å². The van der Waals surface area contributed by atoms with Crippen molar-refractivity contribution >= 4 is 5.91 Å². The van der Waals surface area contributed by atoms with Crippen molar-refractivity contribution in [1.29, 1.82) is 0 Å². The molecule has 3 heteroatoms. The molecule has 1 amide bonds. The molecule has 0 aliphatic carbocycles. The van der Waals surface area contributed by atoms with E-state index in [4.69, 9.17) is 0 Å². The number of hydrogen-bond donors (Lipinski definition) is 2. The third-order valence-corrected chi connectivity index (χ3v) is 3.17. The Labute approximate surface area is 116 Å². The van der Waals surface area contributed by atoms with Gasteiger partial charge in [0.25, 0.3) is 0 Å². The largest absolute Gasteiger partial charge is 0.355 e. The Balaban J connectivity index is 2.46. The summed E-state index contributed by atoms with van der Waals surface area (Å²) in [5.41, 5.74) is 3.79. The molecule has 0 heterocycles. The van der Waals surface area contributed by atoms with Gasteiger partial charge in [-0.25, -0.2) is 0 Å². The van der Waals surface area contributed by atoms with Gasteiger partial charge in [-0.15, -0.1) is 0 Å². The first-order valence-electron chi connectivity index (χ1n) is 6.97. The van der Waals surface area contributed by atoms with E-state index in [0.717, 1.165) is 6.54 Å². The third-order valence-electron chi connectivity index (χ3n) is 3.17. The minimum atomic E-state index is 0.0605. The second-order valence-electron chi connectivity index (χ2n) is 5.66. The molecule has 1 unspecified atom stereocenters. The molecular formula is C16H26N2O. The van der Waals surface area contributed by atoms with Gasteiger partial charge in [0.05, 0.1) is 6.54 Å². The zero-order valence-electron chi connectivity index (χ0n) is 12.7. The van der Waals surface area contributed by atoms with Crippen LogP contribution in [-0.2, 0) is 4.79 Å². The van der Waals surface area contributed by atoms with Crippen molar-refractivity contribution in [1.82, 2.24) is 10.6 Å². The molecule has 0 aliphatic heterocycles. The van der Waals surface area contributed by atoms with Gasteiger partial charge in [-0.2, -0.15) is 0 Å². The molecule has 106 valence electrons. The highest BCUT2D eigenvalue weighted by molar-refractivity contribution is 5.78. The van der Waals surface area contributed by atoms with E-state index in [-0.39, 0.29) is 11.9 Å². The first kappa shape index (κ1) is 15.7. The molecule has 0 saturated carbocycles. The van der Waals surface area contributed by atoms with Crippen LogP contribution < -0.4 is 10.6 Å². The molecule has 1 rings (SSSR count). The minimum Gasteiger partial charge on any atom is -0.355 e. The van der Waals surface area contributed by atoms with Gasteiger partial charge < -0.3 is 10.6 Å². The summed E-state index contributed by atoms with van der Waals surface area (Å²) < 4.78 is 0. The van der Waals surface area contributed by atoms with Gasteiger partial charge in [-0.05, 0) is 37.8 Å². The van der Waals surface area contributed by atoms with Gasteiger partial charge in [0.2, 0.25) is 5.91 Å². The normalized spacial score (nSPS) is 12.5. The Morgan fingerprint density at radius 1 is 1.21 bits per heavy atom. The van der Waals surface area contributed by atoms with Gasteiger partial charge >= 0.3 is 0 Å². The van der Waals surface area contributed by atoms with E-state index in [1.165, 1.54) is 16.7 Å². The Bertz CT molecular complexity index is 427. The molecule has 0 radical (unpaired) electrons. The molecular weight excluding hydrogens is 236 g/mol. The summed E-state index contributed by atoms with van der Waals surface area (Å²) in [5.74, 6) is 0.547. The lowest BCUT2D eigenvalue weighted by Gasteiger charge is -2.17. The lowest BCUT2D eigenvalue weighted by atomic mass is 10.0. The molecule has 3 nitrogen and oxygen atoms in total. The predicted molar refractivity (Wildman–Crippen MR) is 80.2 cm³/mol. The molecule has 0 saturated heterocycles. The summed E-state index contributed by atoms with van der Waals surface area (Å²) in [6.45, 7) is 11.6. The molecule has 1 aromatic rings. The van der Waals surface area contributed by atoms with Crippen molar-refractivity contribution < 1.29 is 4.79 Å². The van der Waals surface area contributed by atoms with E-state index in [1.54, 1.807) is 0 Å². The molecule has 1 atom stereocenters. The van der Waals surface area contributed by atoms with Crippen molar-refractivity contribution in [3.63, 3.8) is 0 Å². The topological polar surface area (TPSA) is 41.1 Å². The van der Waals surface area contributed by atoms with E-state index in [9.17, 15) is 4.79 Å². The molecule has 2 N–H and O–H groups in total. The molecule has 0 spiro atoms. The first-order valence-corrected chi connectivity index (χ1v) is 6.97. The summed E-state index contributed by atoms with van der Waals surface area (Å²) in [5, 5.41) is 6.18. The lowest BCUT2D eigenvalue weighted by molar-refractivity contribution is -0.120. The number of carbonyl (C=O) groups is 1. The highest BCUT2D eigenvalue weighted by Crippen LogP contribution is 2.18. The fourth-order valence-electron chi connectivity index (χ4n) is 2.05. The Kier molecular flexibility index (Phi) is 6.03. The number of amides is 1. The predicted octanol–water partition coefficient (Wildman–Crippen LogP) is 2.73. The molecule has 0 aromatic heterocycles. The van der Waals surface area contributed by atoms with Crippen LogP contribution in [0.5, 0.6) is 0 Å². The minimum absolute atomic E-state index is 0.0605. The SMILES string of the molecule is Cc1ccc(C(C)NCC(=O)NCC(C)C)c(C)c1. The van der Waals surface area contributed by atoms with E-state index in [1.807, 2.05) is 0 Å². The monoisotopic (exact) mass is 262 g/mol. The number of aryl methyl sites for hydroxylation is 2. The second-order valence-corrected chi connectivity index (χ2v) is 5.66. The molecule has 0 bridgehead atoms. The first-order chi connectivity index (χ1) is 8.90. The zero-order valence-corrected chi connectivity index (χ0v) is 12.7. The van der Waals surface area contributed by atoms with E-state index in [2.05, 4.69) is 63.5 Å². The van der Waals surface area contributed by atoms with E-state index in [0.29, 0.717) is 12.5 Å². The average Bonchev–Trinajstić information content (AvgIpc) is 2.33. The van der Waals surface area contributed by atoms with Crippen LogP contribution in [0.4, 0.5) is 0 Å². The quantitative estimate of drug-likeness (QED) is 0.827. The molecule has 0 fully saturated rings. The number of benzene rings is 1. The van der Waals surface area contributed by atoms with Gasteiger partial charge in [-0.3, -0.25) is 4.79 Å². The number of nitrogens with one attached hydrogen (secondary N) is 2. The fourth-order valence-corrected chi connectivity index (χ4v) is 2.05. The number of carbonyl (C=O) groups excluding carboxylic acids is 1. The standard InChI is InChI=1S/C16H26N2O/c1-11(2)9-18-16(19)10-17-14(5)15-7-6-12(3)8-13(15)4/h6-8,11,14,17H,9-10H2,1-5H3,(H,18,19). The summed E-state index contributed by atoms with van der Waals surface area (Å²) in [4.78, 5) is 11.6. The Morgan fingerprint density at radius 2 is 1.89 bits per heavy atom. The number of rotatable bonds is 6. The van der Waals surface area contributed by atoms with Crippen LogP contribution in [0.15, 0.2) is 18.2 Å². The van der Waals surface area contributed by atoms with E-state index >= 15 is 0 Å². The van der Waals surface area contributed by atoms with Crippen molar-refractivity contribution in [2.75, 3.05) is 13.1 Å². The maximum absolute atomic E-state index is 11.6. The fraction of sp³-hybridized carbons (Fsp3) is 0.562. The van der Waals surface area contributed by atoms with Crippen molar-refractivity contribution in [3.05, 3.63) is 34.9 Å². The maximum atomic E-state index is 11.6. The molecule has 0 aliphatic rings. The molecule has 19 heavy (non-hydrogen) atoms. The summed E-state index contributed by atoms with van der Waals surface area (Å²) >= 11 is 0. The smallest absolute Gasteiger partial charge is 0.233 e. The Hall–Kier alpha value is -1.35. The van der Waals surface area contributed by atoms with Crippen molar-refractivity contribution in [2.45, 2.75) is 40.7 Å². The second kappa shape index (κ2) is 7.29. The van der Waals surface area contributed by atoms with E-state index < -0.39 is 0 Å². The lowest BCUT2D eigenvalue weighted by Crippen LogP contribution is -2.36. The van der Waals surface area contributed by atoms with Gasteiger partial charge in [0, 0.05) is 12.6 Å². The van der Waals surface area contributed by atoms with Crippen LogP contribution in [-0.4, -0.2) is 19.0 Å². The van der Waals surface area contributed by atoms with Crippen LogP contribution >= 0.6 is 0 Å². The van der Waals surface area contributed by atoms with Gasteiger partial charge in [0.1, 0.15) is 0 Å². The number of hydrogen-bond acceptors (Lipinski definition) is 2. The van der Waals surface area contributed by atoms with Crippen LogP contribution in [0.1, 0.15) is 43.5 Å². The average molecular weight is 262 g/mol. The van der Waals surface area contributed by atoms with Gasteiger partial charge in [-0.1, -0.05) is 37.6 Å². The van der Waals surface area contributed by atoms with Crippen LogP contribution in [0, 0.1) is 19.8 Å². The summed E-state index contributed by atoms with van der Waals surface area (Å²) in [6.07, 6.45) is 0. The molecule has 1 aromatic carbocycles. The third kappa shape index (κ3) is 5.43. The maximum Gasteiger partial charge on any atom is 0.233 e. The van der Waals surface area contributed by atoms with Crippen molar-refractivity contribution in [3.8, 4) is 0 Å². The van der Waals surface area contributed by atoms with Crippen LogP contribution in [0.3, 0.4) is 0 Å². The highest BCUT2D eigenvalue weighted by atomic mass is 16.1. The summed E-state index contributed by atoms with van der Waals surface area (Å²) in [6, 6.07) is 6.60. The van der Waals surface area contributed by atoms with Crippen LogP contribution in [0.2, 0.25) is 0 Å². The van der Waals surface area contributed by atoms with Crippen molar-refractivity contribution in [2.24, 2.45) is 5.92 Å². The van der Waals surface area contributed by atoms with Crippen LogP contribution in [0.25, 0.3) is 0 Å². The highest BCUT2D eigenvalue weighted by Gasteiger charge is 2.10. The Morgan fingerprint density at radius 3 is 2.47 bits per heavy atom. The zero-order chi connectivity index (χ0) is 14.4. The summed E-state index contributed by atoms with van der Waals surface area (Å²) in [7, 11) is 0.